The second-order valence-corrected chi connectivity index (χ2v) is 4.17. The van der Waals surface area contributed by atoms with Gasteiger partial charge >= 0.3 is 6.18 Å². The molecule has 0 saturated carbocycles. The highest BCUT2D eigenvalue weighted by Gasteiger charge is 2.42. The van der Waals surface area contributed by atoms with Crippen LogP contribution in [0.5, 0.6) is 0 Å². The average Bonchev–Trinajstić information content (AvgIpc) is 2.23. The third-order valence-electron chi connectivity index (χ3n) is 2.75. The zero-order chi connectivity index (χ0) is 12.8. The minimum atomic E-state index is -4.54. The number of aromatic nitrogens is 2. The Morgan fingerprint density at radius 1 is 1.53 bits per heavy atom. The van der Waals surface area contributed by atoms with Crippen LogP contribution in [0.15, 0.2) is 6.20 Å². The molecular formula is C9H9ClF3N3O. The second-order valence-electron chi connectivity index (χ2n) is 3.83. The molecule has 0 aromatic carbocycles. The summed E-state index contributed by atoms with van der Waals surface area (Å²) in [7, 11) is 0. The summed E-state index contributed by atoms with van der Waals surface area (Å²) in [6.07, 6.45) is -4.53. The molecule has 0 bridgehead atoms. The number of hydrogen-bond acceptors (Lipinski definition) is 4. The van der Waals surface area contributed by atoms with Gasteiger partial charge in [0.25, 0.3) is 0 Å². The van der Waals surface area contributed by atoms with E-state index in [9.17, 15) is 18.3 Å². The number of hydrogen-bond donors (Lipinski definition) is 1. The fraction of sp³-hybridized carbons (Fsp3) is 0.556. The van der Waals surface area contributed by atoms with Gasteiger partial charge in [0.05, 0.1) is 12.1 Å². The van der Waals surface area contributed by atoms with Gasteiger partial charge in [-0.15, -0.1) is 0 Å². The average molecular weight is 268 g/mol. The summed E-state index contributed by atoms with van der Waals surface area (Å²) in [5.41, 5.74) is -0.944. The number of rotatable bonds is 1. The minimum Gasteiger partial charge on any atom is -0.389 e. The molecule has 1 fully saturated rings. The van der Waals surface area contributed by atoms with E-state index < -0.39 is 23.9 Å². The molecule has 94 valence electrons. The smallest absolute Gasteiger partial charge is 0.389 e. The van der Waals surface area contributed by atoms with Crippen molar-refractivity contribution < 1.29 is 18.3 Å². The quantitative estimate of drug-likeness (QED) is 0.787. The summed E-state index contributed by atoms with van der Waals surface area (Å²) >= 11 is 5.50. The van der Waals surface area contributed by atoms with E-state index in [-0.39, 0.29) is 17.6 Å². The van der Waals surface area contributed by atoms with Crippen LogP contribution in [0.1, 0.15) is 12.5 Å². The maximum atomic E-state index is 12.7. The summed E-state index contributed by atoms with van der Waals surface area (Å²) < 4.78 is 38.1. The lowest BCUT2D eigenvalue weighted by Crippen LogP contribution is -2.59. The Kier molecular flexibility index (Phi) is 2.90. The van der Waals surface area contributed by atoms with E-state index in [2.05, 4.69) is 9.97 Å². The van der Waals surface area contributed by atoms with Crippen molar-refractivity contribution in [2.75, 3.05) is 11.4 Å². The Bertz CT molecular complexity index is 440. The van der Waals surface area contributed by atoms with Gasteiger partial charge in [-0.05, 0) is 18.5 Å². The number of anilines is 1. The summed E-state index contributed by atoms with van der Waals surface area (Å²) in [5, 5.41) is 9.06. The van der Waals surface area contributed by atoms with Gasteiger partial charge < -0.3 is 10.0 Å². The van der Waals surface area contributed by atoms with Crippen molar-refractivity contribution in [3.8, 4) is 0 Å². The van der Waals surface area contributed by atoms with Crippen LogP contribution in [0.4, 0.5) is 19.0 Å². The fourth-order valence-electron chi connectivity index (χ4n) is 1.64. The monoisotopic (exact) mass is 267 g/mol. The molecule has 2 atom stereocenters. The molecule has 0 amide bonds. The lowest BCUT2D eigenvalue weighted by atomic mass is 10.0. The molecule has 0 unspecified atom stereocenters. The van der Waals surface area contributed by atoms with Crippen LogP contribution in [-0.2, 0) is 6.18 Å². The van der Waals surface area contributed by atoms with E-state index in [1.807, 2.05) is 0 Å². The van der Waals surface area contributed by atoms with Crippen LogP contribution in [0, 0.1) is 0 Å². The highest BCUT2D eigenvalue weighted by molar-refractivity contribution is 6.28. The molecule has 1 N–H and O–H groups in total. The second kappa shape index (κ2) is 3.99. The van der Waals surface area contributed by atoms with Crippen LogP contribution in [0.25, 0.3) is 0 Å². The van der Waals surface area contributed by atoms with Gasteiger partial charge in [-0.1, -0.05) is 0 Å². The van der Waals surface area contributed by atoms with Crippen molar-refractivity contribution >= 4 is 17.4 Å². The summed E-state index contributed by atoms with van der Waals surface area (Å²) in [6.45, 7) is 1.72. The molecular weight excluding hydrogens is 259 g/mol. The Labute approximate surface area is 100 Å². The molecule has 2 heterocycles. The van der Waals surface area contributed by atoms with E-state index in [1.165, 1.54) is 4.90 Å². The lowest BCUT2D eigenvalue weighted by molar-refractivity contribution is -0.137. The van der Waals surface area contributed by atoms with Gasteiger partial charge in [0.1, 0.15) is 11.4 Å². The maximum absolute atomic E-state index is 12.7. The number of alkyl halides is 3. The molecule has 0 spiro atoms. The number of nitrogens with zero attached hydrogens (tertiary/aromatic N) is 3. The molecule has 1 aliphatic heterocycles. The zero-order valence-electron chi connectivity index (χ0n) is 8.74. The van der Waals surface area contributed by atoms with Crippen LogP contribution < -0.4 is 4.90 Å². The van der Waals surface area contributed by atoms with Gasteiger partial charge in [-0.2, -0.15) is 18.2 Å². The molecule has 1 aromatic rings. The van der Waals surface area contributed by atoms with Crippen LogP contribution in [0.2, 0.25) is 5.28 Å². The highest BCUT2D eigenvalue weighted by Crippen LogP contribution is 2.38. The first-order valence-electron chi connectivity index (χ1n) is 4.85. The first-order valence-corrected chi connectivity index (χ1v) is 5.23. The van der Waals surface area contributed by atoms with Crippen LogP contribution in [0.3, 0.4) is 0 Å². The third kappa shape index (κ3) is 2.16. The summed E-state index contributed by atoms with van der Waals surface area (Å²) in [6, 6.07) is -0.415. The SMILES string of the molecule is C[C@H]1[C@H](O)CN1c1nc(Cl)ncc1C(F)(F)F. The molecule has 17 heavy (non-hydrogen) atoms. The Hall–Kier alpha value is -1.08. The standard InChI is InChI=1S/C9H9ClF3N3O/c1-4-6(17)3-16(4)7-5(9(11,12)13)2-14-8(10)15-7/h2,4,6,17H,3H2,1H3/t4-,6+/m0/s1. The van der Waals surface area contributed by atoms with Crippen molar-refractivity contribution in [3.63, 3.8) is 0 Å². The largest absolute Gasteiger partial charge is 0.421 e. The Balaban J connectivity index is 2.42. The first kappa shape index (κ1) is 12.4. The van der Waals surface area contributed by atoms with Crippen LogP contribution in [-0.4, -0.2) is 33.8 Å². The van der Waals surface area contributed by atoms with Crippen LogP contribution >= 0.6 is 11.6 Å². The number of aliphatic hydroxyl groups is 1. The van der Waals surface area contributed by atoms with E-state index >= 15 is 0 Å². The van der Waals surface area contributed by atoms with E-state index in [1.54, 1.807) is 6.92 Å². The molecule has 0 radical (unpaired) electrons. The molecule has 4 nitrogen and oxygen atoms in total. The summed E-state index contributed by atoms with van der Waals surface area (Å²) in [5.74, 6) is -0.282. The molecule has 2 rings (SSSR count). The van der Waals surface area contributed by atoms with Gasteiger partial charge in [-0.3, -0.25) is 0 Å². The molecule has 8 heteroatoms. The normalized spacial score (nSPS) is 24.7. The fourth-order valence-corrected chi connectivity index (χ4v) is 1.77. The lowest BCUT2D eigenvalue weighted by Gasteiger charge is -2.44. The van der Waals surface area contributed by atoms with E-state index in [0.717, 1.165) is 0 Å². The van der Waals surface area contributed by atoms with E-state index in [4.69, 9.17) is 11.6 Å². The van der Waals surface area contributed by atoms with Gasteiger partial charge in [0, 0.05) is 12.7 Å². The number of aliphatic hydroxyl groups excluding tert-OH is 1. The topological polar surface area (TPSA) is 49.2 Å². The molecule has 1 aliphatic rings. The first-order chi connectivity index (χ1) is 7.80. The van der Waals surface area contributed by atoms with Crippen molar-refractivity contribution in [2.45, 2.75) is 25.2 Å². The van der Waals surface area contributed by atoms with Crippen molar-refractivity contribution in [2.24, 2.45) is 0 Å². The van der Waals surface area contributed by atoms with E-state index in [0.29, 0.717) is 6.20 Å². The molecule has 0 aliphatic carbocycles. The minimum absolute atomic E-state index is 0.109. The Morgan fingerprint density at radius 3 is 2.65 bits per heavy atom. The van der Waals surface area contributed by atoms with Crippen molar-refractivity contribution in [1.82, 2.24) is 9.97 Å². The predicted molar refractivity (Wildman–Crippen MR) is 54.9 cm³/mol. The number of halogens is 4. The van der Waals surface area contributed by atoms with Gasteiger partial charge in [-0.25, -0.2) is 4.98 Å². The molecule has 1 saturated heterocycles. The van der Waals surface area contributed by atoms with Gasteiger partial charge in [0.15, 0.2) is 0 Å². The number of β-amino-alcohol motifs (C(OH)–C–C–N with tert-alkyl or cyclic N) is 1. The van der Waals surface area contributed by atoms with Gasteiger partial charge in [0.2, 0.25) is 5.28 Å². The molecule has 1 aromatic heterocycles. The van der Waals surface area contributed by atoms with Crippen molar-refractivity contribution in [3.05, 3.63) is 17.0 Å². The Morgan fingerprint density at radius 2 is 2.18 bits per heavy atom. The summed E-state index contributed by atoms with van der Waals surface area (Å²) in [4.78, 5) is 8.28. The predicted octanol–water partition coefficient (Wildman–Crippen LogP) is 1.72. The third-order valence-corrected chi connectivity index (χ3v) is 2.93. The maximum Gasteiger partial charge on any atom is 0.421 e. The highest BCUT2D eigenvalue weighted by atomic mass is 35.5. The zero-order valence-corrected chi connectivity index (χ0v) is 9.50. The van der Waals surface area contributed by atoms with Crippen molar-refractivity contribution in [1.29, 1.82) is 0 Å².